The topological polar surface area (TPSA) is 53.2 Å². The number of fused-ring (bicyclic) bond motifs is 1. The van der Waals surface area contributed by atoms with Gasteiger partial charge in [-0.15, -0.1) is 0 Å². The van der Waals surface area contributed by atoms with E-state index in [1.54, 1.807) is 0 Å². The van der Waals surface area contributed by atoms with Crippen LogP contribution in [0.5, 0.6) is 0 Å². The van der Waals surface area contributed by atoms with Crippen molar-refractivity contribution in [3.63, 3.8) is 0 Å². The third-order valence-electron chi connectivity index (χ3n) is 4.71. The zero-order valence-corrected chi connectivity index (χ0v) is 12.6. The monoisotopic (exact) mass is 288 g/mol. The van der Waals surface area contributed by atoms with Crippen molar-refractivity contribution in [3.8, 4) is 0 Å². The molecule has 1 aromatic heterocycles. The van der Waals surface area contributed by atoms with E-state index in [0.29, 0.717) is 5.56 Å². The molecule has 1 aromatic rings. The van der Waals surface area contributed by atoms with Gasteiger partial charge in [0, 0.05) is 18.8 Å². The normalized spacial score (nSPS) is 19.5. The Balaban J connectivity index is 1.88. The van der Waals surface area contributed by atoms with Gasteiger partial charge in [0.15, 0.2) is 0 Å². The first-order valence-corrected chi connectivity index (χ1v) is 8.30. The SMILES string of the molecule is O=C(c1cc2c([nH]c1=O)CCCCC2)N1CCCCCC1. The summed E-state index contributed by atoms with van der Waals surface area (Å²) in [5.74, 6) is -0.0785. The van der Waals surface area contributed by atoms with Crippen LogP contribution in [0, 0.1) is 0 Å². The lowest BCUT2D eigenvalue weighted by Gasteiger charge is -2.20. The number of amides is 1. The molecular weight excluding hydrogens is 264 g/mol. The molecule has 1 saturated heterocycles. The molecule has 1 amide bonds. The molecule has 0 aromatic carbocycles. The summed E-state index contributed by atoms with van der Waals surface area (Å²) in [6.07, 6.45) is 9.86. The fourth-order valence-corrected chi connectivity index (χ4v) is 3.45. The van der Waals surface area contributed by atoms with Crippen LogP contribution in [0.25, 0.3) is 0 Å². The van der Waals surface area contributed by atoms with E-state index >= 15 is 0 Å². The number of pyridine rings is 1. The summed E-state index contributed by atoms with van der Waals surface area (Å²) in [6.45, 7) is 1.57. The van der Waals surface area contributed by atoms with Crippen molar-refractivity contribution in [3.05, 3.63) is 33.2 Å². The molecule has 0 unspecified atom stereocenters. The zero-order valence-electron chi connectivity index (χ0n) is 12.6. The number of carbonyl (C=O) groups is 1. The van der Waals surface area contributed by atoms with Crippen molar-refractivity contribution in [2.75, 3.05) is 13.1 Å². The predicted molar refractivity (Wildman–Crippen MR) is 82.7 cm³/mol. The summed E-state index contributed by atoms with van der Waals surface area (Å²) in [6, 6.07) is 1.87. The van der Waals surface area contributed by atoms with Gasteiger partial charge < -0.3 is 9.88 Å². The third kappa shape index (κ3) is 3.20. The molecule has 3 rings (SSSR count). The number of H-pyrrole nitrogens is 1. The van der Waals surface area contributed by atoms with Gasteiger partial charge in [-0.25, -0.2) is 0 Å². The molecule has 0 atom stereocenters. The summed E-state index contributed by atoms with van der Waals surface area (Å²) in [5, 5.41) is 0. The van der Waals surface area contributed by atoms with Gasteiger partial charge in [-0.05, 0) is 50.2 Å². The van der Waals surface area contributed by atoms with Gasteiger partial charge >= 0.3 is 0 Å². The van der Waals surface area contributed by atoms with E-state index in [1.807, 2.05) is 11.0 Å². The second kappa shape index (κ2) is 6.46. The maximum absolute atomic E-state index is 12.7. The maximum atomic E-state index is 12.7. The minimum Gasteiger partial charge on any atom is -0.338 e. The number of aromatic amines is 1. The van der Waals surface area contributed by atoms with Crippen molar-refractivity contribution in [1.82, 2.24) is 9.88 Å². The number of hydrogen-bond donors (Lipinski definition) is 1. The van der Waals surface area contributed by atoms with Crippen LogP contribution >= 0.6 is 0 Å². The van der Waals surface area contributed by atoms with Crippen molar-refractivity contribution in [1.29, 1.82) is 0 Å². The molecule has 1 aliphatic heterocycles. The average Bonchev–Trinajstić information content (AvgIpc) is 2.88. The average molecular weight is 288 g/mol. The maximum Gasteiger partial charge on any atom is 0.261 e. The van der Waals surface area contributed by atoms with Crippen LogP contribution in [-0.4, -0.2) is 28.9 Å². The van der Waals surface area contributed by atoms with E-state index < -0.39 is 0 Å². The third-order valence-corrected chi connectivity index (χ3v) is 4.71. The van der Waals surface area contributed by atoms with Gasteiger partial charge in [0.05, 0.1) is 0 Å². The highest BCUT2D eigenvalue weighted by atomic mass is 16.2. The lowest BCUT2D eigenvalue weighted by atomic mass is 10.1. The number of nitrogens with zero attached hydrogens (tertiary/aromatic N) is 1. The number of nitrogens with one attached hydrogen (secondary N) is 1. The number of aromatic nitrogens is 1. The Morgan fingerprint density at radius 1 is 0.952 bits per heavy atom. The van der Waals surface area contributed by atoms with Gasteiger partial charge in [0.2, 0.25) is 0 Å². The lowest BCUT2D eigenvalue weighted by molar-refractivity contribution is 0.0759. The highest BCUT2D eigenvalue weighted by Gasteiger charge is 2.22. The number of carbonyl (C=O) groups excluding carboxylic acids is 1. The highest BCUT2D eigenvalue weighted by Crippen LogP contribution is 2.19. The standard InChI is InChI=1S/C17H24N2O2/c20-16-14(17(21)19-10-6-1-2-7-11-19)12-13-8-4-3-5-9-15(13)18-16/h12H,1-11H2,(H,18,20). The quantitative estimate of drug-likeness (QED) is 0.808. The molecule has 2 heterocycles. The minimum atomic E-state index is -0.204. The summed E-state index contributed by atoms with van der Waals surface area (Å²) < 4.78 is 0. The van der Waals surface area contributed by atoms with E-state index in [2.05, 4.69) is 4.98 Å². The van der Waals surface area contributed by atoms with Crippen LogP contribution in [0.15, 0.2) is 10.9 Å². The lowest BCUT2D eigenvalue weighted by Crippen LogP contribution is -2.36. The largest absolute Gasteiger partial charge is 0.338 e. The van der Waals surface area contributed by atoms with Crippen molar-refractivity contribution in [2.24, 2.45) is 0 Å². The number of rotatable bonds is 1. The van der Waals surface area contributed by atoms with E-state index in [0.717, 1.165) is 57.3 Å². The van der Waals surface area contributed by atoms with Crippen LogP contribution < -0.4 is 5.56 Å². The van der Waals surface area contributed by atoms with E-state index in [4.69, 9.17) is 0 Å². The second-order valence-electron chi connectivity index (χ2n) is 6.28. The first-order chi connectivity index (χ1) is 10.3. The highest BCUT2D eigenvalue weighted by molar-refractivity contribution is 5.94. The molecule has 2 aliphatic rings. The summed E-state index contributed by atoms with van der Waals surface area (Å²) in [4.78, 5) is 29.8. The molecule has 1 fully saturated rings. The Morgan fingerprint density at radius 3 is 2.38 bits per heavy atom. The van der Waals surface area contributed by atoms with Crippen molar-refractivity contribution >= 4 is 5.91 Å². The predicted octanol–water partition coefficient (Wildman–Crippen LogP) is 2.66. The summed E-state index contributed by atoms with van der Waals surface area (Å²) >= 11 is 0. The first kappa shape index (κ1) is 14.4. The van der Waals surface area contributed by atoms with Crippen molar-refractivity contribution in [2.45, 2.75) is 57.8 Å². The number of hydrogen-bond acceptors (Lipinski definition) is 2. The molecule has 1 N–H and O–H groups in total. The molecule has 0 saturated carbocycles. The Morgan fingerprint density at radius 2 is 1.62 bits per heavy atom. The second-order valence-corrected chi connectivity index (χ2v) is 6.28. The van der Waals surface area contributed by atoms with Gasteiger partial charge in [-0.1, -0.05) is 19.3 Å². The van der Waals surface area contributed by atoms with Crippen LogP contribution in [0.2, 0.25) is 0 Å². The summed E-state index contributed by atoms with van der Waals surface area (Å²) in [7, 11) is 0. The molecule has 0 radical (unpaired) electrons. The molecule has 4 heteroatoms. The Hall–Kier alpha value is -1.58. The number of likely N-dealkylation sites (tertiary alicyclic amines) is 1. The molecule has 114 valence electrons. The van der Waals surface area contributed by atoms with Crippen LogP contribution in [0.3, 0.4) is 0 Å². The molecule has 4 nitrogen and oxygen atoms in total. The molecule has 0 bridgehead atoms. The molecule has 21 heavy (non-hydrogen) atoms. The molecule has 0 spiro atoms. The van der Waals surface area contributed by atoms with Gasteiger partial charge in [0.25, 0.3) is 11.5 Å². The van der Waals surface area contributed by atoms with Crippen LogP contribution in [-0.2, 0) is 12.8 Å². The van der Waals surface area contributed by atoms with Gasteiger partial charge in [0.1, 0.15) is 5.56 Å². The zero-order chi connectivity index (χ0) is 14.7. The molecular formula is C17H24N2O2. The van der Waals surface area contributed by atoms with E-state index in [9.17, 15) is 9.59 Å². The van der Waals surface area contributed by atoms with Crippen LogP contribution in [0.4, 0.5) is 0 Å². The fraction of sp³-hybridized carbons (Fsp3) is 0.647. The van der Waals surface area contributed by atoms with E-state index in [-0.39, 0.29) is 11.5 Å². The Labute approximate surface area is 125 Å². The van der Waals surface area contributed by atoms with Gasteiger partial charge in [-0.2, -0.15) is 0 Å². The Kier molecular flexibility index (Phi) is 4.42. The Bertz CT molecular complexity index is 569. The van der Waals surface area contributed by atoms with Gasteiger partial charge in [-0.3, -0.25) is 9.59 Å². The van der Waals surface area contributed by atoms with Crippen LogP contribution in [0.1, 0.15) is 66.6 Å². The summed E-state index contributed by atoms with van der Waals surface area (Å²) in [5.41, 5.74) is 2.36. The first-order valence-electron chi connectivity index (χ1n) is 8.30. The number of aryl methyl sites for hydroxylation is 2. The fourth-order valence-electron chi connectivity index (χ4n) is 3.45. The van der Waals surface area contributed by atoms with Crippen molar-refractivity contribution < 1.29 is 4.79 Å². The smallest absolute Gasteiger partial charge is 0.261 e. The van der Waals surface area contributed by atoms with E-state index in [1.165, 1.54) is 24.8 Å². The minimum absolute atomic E-state index is 0.0785. The molecule has 1 aliphatic carbocycles.